The SMILES string of the molecule is CC(COc1ccc(F)c(F)c1)NC[C@H]1C[C@@H](O)CN1c1cc(N)ncn1. The van der Waals surface area contributed by atoms with Crippen molar-refractivity contribution in [3.63, 3.8) is 0 Å². The van der Waals surface area contributed by atoms with Gasteiger partial charge < -0.3 is 25.8 Å². The Hall–Kier alpha value is -2.52. The third-order valence-electron chi connectivity index (χ3n) is 4.45. The second-order valence-electron chi connectivity index (χ2n) is 6.69. The van der Waals surface area contributed by atoms with Crippen molar-refractivity contribution in [3.05, 3.63) is 42.2 Å². The zero-order valence-corrected chi connectivity index (χ0v) is 15.0. The van der Waals surface area contributed by atoms with Crippen LogP contribution in [0.1, 0.15) is 13.3 Å². The molecule has 2 heterocycles. The Labute approximate surface area is 156 Å². The minimum atomic E-state index is -0.937. The number of aromatic nitrogens is 2. The van der Waals surface area contributed by atoms with Gasteiger partial charge in [-0.1, -0.05) is 0 Å². The highest BCUT2D eigenvalue weighted by Crippen LogP contribution is 2.24. The van der Waals surface area contributed by atoms with E-state index in [9.17, 15) is 13.9 Å². The van der Waals surface area contributed by atoms with Crippen LogP contribution in [0.3, 0.4) is 0 Å². The molecule has 1 aliphatic heterocycles. The van der Waals surface area contributed by atoms with E-state index in [0.717, 1.165) is 12.1 Å². The average molecular weight is 379 g/mol. The summed E-state index contributed by atoms with van der Waals surface area (Å²) in [6.45, 7) is 3.30. The van der Waals surface area contributed by atoms with Crippen LogP contribution in [0.5, 0.6) is 5.75 Å². The summed E-state index contributed by atoms with van der Waals surface area (Å²) in [5.41, 5.74) is 5.72. The summed E-state index contributed by atoms with van der Waals surface area (Å²) in [6, 6.07) is 5.14. The van der Waals surface area contributed by atoms with Gasteiger partial charge in [-0.2, -0.15) is 0 Å². The third kappa shape index (κ3) is 5.01. The van der Waals surface area contributed by atoms with E-state index in [4.69, 9.17) is 10.5 Å². The Balaban J connectivity index is 1.52. The minimum Gasteiger partial charge on any atom is -0.492 e. The van der Waals surface area contributed by atoms with Crippen molar-refractivity contribution in [2.24, 2.45) is 0 Å². The highest BCUT2D eigenvalue weighted by Gasteiger charge is 2.32. The molecule has 0 radical (unpaired) electrons. The molecule has 1 fully saturated rings. The van der Waals surface area contributed by atoms with Crippen LogP contribution >= 0.6 is 0 Å². The van der Waals surface area contributed by atoms with Crippen LogP contribution in [0.2, 0.25) is 0 Å². The number of benzene rings is 1. The van der Waals surface area contributed by atoms with E-state index in [-0.39, 0.29) is 17.8 Å². The summed E-state index contributed by atoms with van der Waals surface area (Å²) in [5.74, 6) is -0.513. The van der Waals surface area contributed by atoms with Crippen molar-refractivity contribution in [1.29, 1.82) is 0 Å². The topological polar surface area (TPSA) is 96.5 Å². The quantitative estimate of drug-likeness (QED) is 0.668. The Morgan fingerprint density at radius 3 is 2.89 bits per heavy atom. The zero-order valence-electron chi connectivity index (χ0n) is 15.0. The molecule has 1 unspecified atom stereocenters. The number of aliphatic hydroxyl groups excluding tert-OH is 1. The lowest BCUT2D eigenvalue weighted by atomic mass is 10.2. The van der Waals surface area contributed by atoms with E-state index in [1.165, 1.54) is 12.4 Å². The van der Waals surface area contributed by atoms with Gasteiger partial charge in [-0.3, -0.25) is 0 Å². The first kappa shape index (κ1) is 19.2. The average Bonchev–Trinajstić information content (AvgIpc) is 3.02. The molecule has 1 saturated heterocycles. The van der Waals surface area contributed by atoms with Gasteiger partial charge in [-0.25, -0.2) is 18.7 Å². The van der Waals surface area contributed by atoms with Crippen molar-refractivity contribution >= 4 is 11.6 Å². The number of halogens is 2. The first-order valence-electron chi connectivity index (χ1n) is 8.76. The number of nitrogens with zero attached hydrogens (tertiary/aromatic N) is 3. The highest BCUT2D eigenvalue weighted by atomic mass is 19.2. The number of rotatable bonds is 7. The Kier molecular flexibility index (Phi) is 6.02. The largest absolute Gasteiger partial charge is 0.492 e. The van der Waals surface area contributed by atoms with Gasteiger partial charge in [0, 0.05) is 37.3 Å². The van der Waals surface area contributed by atoms with Crippen LogP contribution in [0.15, 0.2) is 30.6 Å². The van der Waals surface area contributed by atoms with Gasteiger partial charge in [-0.05, 0) is 25.5 Å². The summed E-state index contributed by atoms with van der Waals surface area (Å²) in [7, 11) is 0. The summed E-state index contributed by atoms with van der Waals surface area (Å²) in [6.07, 6.45) is 1.56. The molecular formula is C18H23F2N5O2. The molecule has 2 aromatic rings. The number of β-amino-alcohol motifs (C(OH)–C–C–N with tert-alkyl or cyclic N) is 1. The molecule has 7 nitrogen and oxygen atoms in total. The molecule has 27 heavy (non-hydrogen) atoms. The smallest absolute Gasteiger partial charge is 0.162 e. The van der Waals surface area contributed by atoms with Crippen LogP contribution in [-0.4, -0.2) is 53.0 Å². The van der Waals surface area contributed by atoms with Gasteiger partial charge in [0.25, 0.3) is 0 Å². The van der Waals surface area contributed by atoms with Crippen molar-refractivity contribution in [1.82, 2.24) is 15.3 Å². The Morgan fingerprint density at radius 1 is 1.33 bits per heavy atom. The minimum absolute atomic E-state index is 0.0341. The summed E-state index contributed by atoms with van der Waals surface area (Å²) >= 11 is 0. The lowest BCUT2D eigenvalue weighted by Crippen LogP contribution is -2.43. The molecular weight excluding hydrogens is 356 g/mol. The molecule has 1 aromatic heterocycles. The summed E-state index contributed by atoms with van der Waals surface area (Å²) in [4.78, 5) is 10.1. The lowest BCUT2D eigenvalue weighted by molar-refractivity contribution is 0.193. The maximum atomic E-state index is 13.2. The van der Waals surface area contributed by atoms with Gasteiger partial charge in [-0.15, -0.1) is 0 Å². The highest BCUT2D eigenvalue weighted by molar-refractivity contribution is 5.48. The van der Waals surface area contributed by atoms with Crippen molar-refractivity contribution in [2.75, 3.05) is 30.3 Å². The number of hydrogen-bond donors (Lipinski definition) is 3. The van der Waals surface area contributed by atoms with E-state index in [1.54, 1.807) is 6.07 Å². The molecule has 0 amide bonds. The van der Waals surface area contributed by atoms with Gasteiger partial charge in [0.15, 0.2) is 11.6 Å². The number of nitrogen functional groups attached to an aromatic ring is 1. The molecule has 1 aliphatic rings. The van der Waals surface area contributed by atoms with Gasteiger partial charge in [0.2, 0.25) is 0 Å². The number of aliphatic hydroxyl groups is 1. The molecule has 4 N–H and O–H groups in total. The van der Waals surface area contributed by atoms with Gasteiger partial charge in [0.05, 0.1) is 6.10 Å². The number of ether oxygens (including phenoxy) is 1. The van der Waals surface area contributed by atoms with Gasteiger partial charge in [0.1, 0.15) is 30.3 Å². The first-order valence-corrected chi connectivity index (χ1v) is 8.76. The molecule has 9 heteroatoms. The fraction of sp³-hybridized carbons (Fsp3) is 0.444. The maximum Gasteiger partial charge on any atom is 0.162 e. The Bertz CT molecular complexity index is 779. The number of anilines is 2. The number of nitrogens with one attached hydrogen (secondary N) is 1. The second-order valence-corrected chi connectivity index (χ2v) is 6.69. The number of nitrogens with two attached hydrogens (primary N) is 1. The molecule has 3 atom stereocenters. The Morgan fingerprint density at radius 2 is 2.15 bits per heavy atom. The monoisotopic (exact) mass is 379 g/mol. The van der Waals surface area contributed by atoms with Crippen LogP contribution in [0.4, 0.5) is 20.4 Å². The third-order valence-corrected chi connectivity index (χ3v) is 4.45. The van der Waals surface area contributed by atoms with Crippen LogP contribution in [0.25, 0.3) is 0 Å². The molecule has 0 spiro atoms. The van der Waals surface area contributed by atoms with Crippen molar-refractivity contribution < 1.29 is 18.6 Å². The molecule has 3 rings (SSSR count). The molecule has 0 aliphatic carbocycles. The number of hydrogen-bond acceptors (Lipinski definition) is 7. The second kappa shape index (κ2) is 8.45. The predicted octanol–water partition coefficient (Wildman–Crippen LogP) is 1.33. The van der Waals surface area contributed by atoms with E-state index >= 15 is 0 Å². The maximum absolute atomic E-state index is 13.2. The predicted molar refractivity (Wildman–Crippen MR) is 97.5 cm³/mol. The van der Waals surface area contributed by atoms with Crippen molar-refractivity contribution in [2.45, 2.75) is 31.5 Å². The molecule has 146 valence electrons. The fourth-order valence-corrected chi connectivity index (χ4v) is 3.07. The van der Waals surface area contributed by atoms with Crippen LogP contribution in [-0.2, 0) is 0 Å². The van der Waals surface area contributed by atoms with E-state index < -0.39 is 17.7 Å². The van der Waals surface area contributed by atoms with Crippen LogP contribution in [0, 0.1) is 11.6 Å². The molecule has 0 saturated carbocycles. The fourth-order valence-electron chi connectivity index (χ4n) is 3.07. The van der Waals surface area contributed by atoms with Crippen LogP contribution < -0.4 is 20.7 Å². The lowest BCUT2D eigenvalue weighted by Gasteiger charge is -2.27. The first-order chi connectivity index (χ1) is 12.9. The van der Waals surface area contributed by atoms with Crippen molar-refractivity contribution in [3.8, 4) is 5.75 Å². The summed E-state index contributed by atoms with van der Waals surface area (Å²) < 4.78 is 31.6. The molecule has 1 aromatic carbocycles. The van der Waals surface area contributed by atoms with Gasteiger partial charge >= 0.3 is 0 Å². The normalized spacial score (nSPS) is 20.7. The molecule has 0 bridgehead atoms. The van der Waals surface area contributed by atoms with E-state index in [0.29, 0.717) is 37.8 Å². The van der Waals surface area contributed by atoms with E-state index in [2.05, 4.69) is 15.3 Å². The standard InChI is InChI=1S/C18H23F2N5O2/c1-11(9-27-14-2-3-15(19)16(20)5-14)22-7-12-4-13(26)8-25(12)18-6-17(21)23-10-24-18/h2-3,5-6,10-13,22,26H,4,7-9H2,1H3,(H2,21,23,24)/t11?,12-,13-/m1/s1. The van der Waals surface area contributed by atoms with E-state index in [1.807, 2.05) is 11.8 Å². The summed E-state index contributed by atoms with van der Waals surface area (Å²) in [5, 5.41) is 13.4. The zero-order chi connectivity index (χ0) is 19.4.